The third kappa shape index (κ3) is 4.76. The van der Waals surface area contributed by atoms with E-state index < -0.39 is 11.7 Å². The molecular weight excluding hydrogens is 461 g/mol. The number of para-hydroxylation sites is 2. The fourth-order valence-electron chi connectivity index (χ4n) is 4.44. The van der Waals surface area contributed by atoms with E-state index in [-0.39, 0.29) is 0 Å². The van der Waals surface area contributed by atoms with Gasteiger partial charge in [0.2, 0.25) is 0 Å². The summed E-state index contributed by atoms with van der Waals surface area (Å²) < 4.78 is 40.8. The van der Waals surface area contributed by atoms with Crippen LogP contribution in [0.25, 0.3) is 11.0 Å². The van der Waals surface area contributed by atoms with Crippen molar-refractivity contribution in [1.82, 2.24) is 14.5 Å². The summed E-state index contributed by atoms with van der Waals surface area (Å²) in [5, 5.41) is 0.733. The van der Waals surface area contributed by atoms with Crippen molar-refractivity contribution in [3.8, 4) is 0 Å². The summed E-state index contributed by atoms with van der Waals surface area (Å²) in [4.78, 5) is 9.37. The second-order valence-corrected chi connectivity index (χ2v) is 8.91. The lowest BCUT2D eigenvalue weighted by molar-refractivity contribution is -0.137. The first-order valence-corrected chi connectivity index (χ1v) is 11.6. The van der Waals surface area contributed by atoms with Crippen LogP contribution in [0.5, 0.6) is 0 Å². The second-order valence-electron chi connectivity index (χ2n) is 8.50. The molecule has 0 saturated carbocycles. The van der Waals surface area contributed by atoms with Gasteiger partial charge in [-0.25, -0.2) is 4.98 Å². The van der Waals surface area contributed by atoms with E-state index in [9.17, 15) is 13.2 Å². The lowest BCUT2D eigenvalue weighted by atomic mass is 10.1. The number of alkyl halides is 3. The van der Waals surface area contributed by atoms with E-state index in [4.69, 9.17) is 16.6 Å². The summed E-state index contributed by atoms with van der Waals surface area (Å²) in [7, 11) is 0. The molecule has 1 aromatic heterocycles. The van der Waals surface area contributed by atoms with Crippen molar-refractivity contribution in [2.24, 2.45) is 0 Å². The van der Waals surface area contributed by atoms with Crippen molar-refractivity contribution in [1.29, 1.82) is 0 Å². The van der Waals surface area contributed by atoms with Crippen LogP contribution in [0.2, 0.25) is 5.02 Å². The van der Waals surface area contributed by atoms with Crippen molar-refractivity contribution < 1.29 is 13.2 Å². The number of hydrogen-bond donors (Lipinski definition) is 0. The van der Waals surface area contributed by atoms with E-state index in [0.717, 1.165) is 71.4 Å². The van der Waals surface area contributed by atoms with Crippen LogP contribution in [-0.4, -0.2) is 40.6 Å². The first-order valence-electron chi connectivity index (χ1n) is 11.2. The van der Waals surface area contributed by atoms with Gasteiger partial charge in [0.1, 0.15) is 5.82 Å². The minimum Gasteiger partial charge on any atom is -0.369 e. The molecule has 0 spiro atoms. The molecular formula is C26H24ClF3N4. The third-order valence-electron chi connectivity index (χ3n) is 6.32. The van der Waals surface area contributed by atoms with Crippen molar-refractivity contribution in [3.63, 3.8) is 0 Å². The molecule has 0 amide bonds. The minimum atomic E-state index is -4.31. The van der Waals surface area contributed by atoms with E-state index in [2.05, 4.69) is 20.4 Å². The van der Waals surface area contributed by atoms with Gasteiger partial charge in [-0.1, -0.05) is 41.9 Å². The Bertz CT molecular complexity index is 1280. The zero-order valence-corrected chi connectivity index (χ0v) is 19.2. The molecule has 0 bridgehead atoms. The number of anilines is 1. The smallest absolute Gasteiger partial charge is 0.369 e. The fourth-order valence-corrected chi connectivity index (χ4v) is 4.64. The molecule has 176 valence electrons. The number of nitrogens with zero attached hydrogens (tertiary/aromatic N) is 4. The highest BCUT2D eigenvalue weighted by molar-refractivity contribution is 6.31. The minimum absolute atomic E-state index is 0.618. The molecule has 0 atom stereocenters. The van der Waals surface area contributed by atoms with Crippen molar-refractivity contribution in [2.45, 2.75) is 19.3 Å². The number of fused-ring (bicyclic) bond motifs is 1. The monoisotopic (exact) mass is 484 g/mol. The Kier molecular flexibility index (Phi) is 6.23. The van der Waals surface area contributed by atoms with Gasteiger partial charge in [-0.05, 0) is 48.0 Å². The van der Waals surface area contributed by atoms with E-state index in [0.29, 0.717) is 13.1 Å². The van der Waals surface area contributed by atoms with Gasteiger partial charge in [-0.3, -0.25) is 4.90 Å². The summed E-state index contributed by atoms with van der Waals surface area (Å²) in [6.45, 7) is 4.43. The standard InChI is InChI=1S/C26H24ClF3N4/c27-22-6-2-1-5-19(22)17-34-24-8-4-3-7-23(24)31-25(34)18-32-13-15-33(16-14-32)21-11-9-20(10-12-21)26(28,29)30/h1-12H,13-18H2. The van der Waals surface area contributed by atoms with E-state index in [1.807, 2.05) is 42.5 Å². The molecule has 1 aliphatic heterocycles. The maximum Gasteiger partial charge on any atom is 0.416 e. The molecule has 1 fully saturated rings. The molecule has 0 aliphatic carbocycles. The highest BCUT2D eigenvalue weighted by atomic mass is 35.5. The van der Waals surface area contributed by atoms with Crippen LogP contribution in [0.3, 0.4) is 0 Å². The number of imidazole rings is 1. The Labute approximate surface area is 201 Å². The van der Waals surface area contributed by atoms with Crippen molar-refractivity contribution >= 4 is 28.3 Å². The molecule has 8 heteroatoms. The fraction of sp³-hybridized carbons (Fsp3) is 0.269. The van der Waals surface area contributed by atoms with Gasteiger partial charge in [0.05, 0.1) is 29.7 Å². The van der Waals surface area contributed by atoms with Gasteiger partial charge >= 0.3 is 6.18 Å². The highest BCUT2D eigenvalue weighted by Gasteiger charge is 2.30. The Hall–Kier alpha value is -3.03. The maximum atomic E-state index is 12.9. The molecule has 34 heavy (non-hydrogen) atoms. The van der Waals surface area contributed by atoms with Crippen LogP contribution in [-0.2, 0) is 19.3 Å². The predicted octanol–water partition coefficient (Wildman–Crippen LogP) is 6.08. The topological polar surface area (TPSA) is 24.3 Å². The van der Waals surface area contributed by atoms with Crippen LogP contribution >= 0.6 is 11.6 Å². The highest BCUT2D eigenvalue weighted by Crippen LogP contribution is 2.31. The van der Waals surface area contributed by atoms with Crippen LogP contribution in [0.4, 0.5) is 18.9 Å². The first kappa shape index (κ1) is 22.7. The van der Waals surface area contributed by atoms with Gasteiger partial charge in [0.15, 0.2) is 0 Å². The molecule has 0 unspecified atom stereocenters. The molecule has 5 rings (SSSR count). The summed E-state index contributed by atoms with van der Waals surface area (Å²) in [5.74, 6) is 0.976. The van der Waals surface area contributed by atoms with Gasteiger partial charge in [-0.15, -0.1) is 0 Å². The zero-order valence-electron chi connectivity index (χ0n) is 18.5. The normalized spacial score (nSPS) is 15.2. The average molecular weight is 485 g/mol. The summed E-state index contributed by atoms with van der Waals surface area (Å²) in [5.41, 5.74) is 3.26. The molecule has 0 N–H and O–H groups in total. The summed E-state index contributed by atoms with van der Waals surface area (Å²) >= 11 is 6.43. The number of aromatic nitrogens is 2. The van der Waals surface area contributed by atoms with E-state index in [1.165, 1.54) is 0 Å². The SMILES string of the molecule is FC(F)(F)c1ccc(N2CCN(Cc3nc4ccccc4n3Cc3ccccc3Cl)CC2)cc1. The molecule has 0 radical (unpaired) electrons. The van der Waals surface area contributed by atoms with Crippen molar-refractivity contribution in [3.05, 3.63) is 94.8 Å². The third-order valence-corrected chi connectivity index (χ3v) is 6.69. The molecule has 4 nitrogen and oxygen atoms in total. The maximum absolute atomic E-state index is 12.9. The molecule has 1 saturated heterocycles. The van der Waals surface area contributed by atoms with Gasteiger partial charge in [-0.2, -0.15) is 13.2 Å². The predicted molar refractivity (Wildman–Crippen MR) is 129 cm³/mol. The van der Waals surface area contributed by atoms with Gasteiger partial charge in [0, 0.05) is 36.9 Å². The van der Waals surface area contributed by atoms with Gasteiger partial charge in [0.25, 0.3) is 0 Å². The Morgan fingerprint density at radius 1 is 0.794 bits per heavy atom. The number of hydrogen-bond acceptors (Lipinski definition) is 3. The molecule has 1 aliphatic rings. The Morgan fingerprint density at radius 3 is 2.18 bits per heavy atom. The summed E-state index contributed by atoms with van der Waals surface area (Å²) in [6.07, 6.45) is -4.31. The Morgan fingerprint density at radius 2 is 1.47 bits per heavy atom. The van der Waals surface area contributed by atoms with Crippen LogP contribution in [0.1, 0.15) is 17.0 Å². The first-order chi connectivity index (χ1) is 16.4. The number of halogens is 4. The second kappa shape index (κ2) is 9.31. The van der Waals surface area contributed by atoms with Crippen LogP contribution in [0.15, 0.2) is 72.8 Å². The Balaban J connectivity index is 1.30. The lowest BCUT2D eigenvalue weighted by Crippen LogP contribution is -2.46. The number of piperazine rings is 1. The average Bonchev–Trinajstić information content (AvgIpc) is 3.17. The number of benzene rings is 3. The quantitative estimate of drug-likeness (QED) is 0.343. The molecule has 2 heterocycles. The van der Waals surface area contributed by atoms with Crippen LogP contribution < -0.4 is 4.90 Å². The van der Waals surface area contributed by atoms with E-state index >= 15 is 0 Å². The lowest BCUT2D eigenvalue weighted by Gasteiger charge is -2.36. The summed E-state index contributed by atoms with van der Waals surface area (Å²) in [6, 6.07) is 21.4. The number of rotatable bonds is 5. The van der Waals surface area contributed by atoms with E-state index in [1.54, 1.807) is 12.1 Å². The van der Waals surface area contributed by atoms with Crippen molar-refractivity contribution in [2.75, 3.05) is 31.1 Å². The largest absolute Gasteiger partial charge is 0.416 e. The van der Waals surface area contributed by atoms with Gasteiger partial charge < -0.3 is 9.47 Å². The molecule has 3 aromatic carbocycles. The van der Waals surface area contributed by atoms with Crippen LogP contribution in [0, 0.1) is 0 Å². The molecule has 4 aromatic rings. The zero-order chi connectivity index (χ0) is 23.7.